The van der Waals surface area contributed by atoms with Crippen molar-refractivity contribution in [3.8, 4) is 0 Å². The molecular weight excluding hydrogens is 192 g/mol. The molecule has 2 aromatic rings. The number of hydrogen-bond acceptors (Lipinski definition) is 3. The fourth-order valence-corrected chi connectivity index (χ4v) is 1.11. The Morgan fingerprint density at radius 2 is 2.07 bits per heavy atom. The van der Waals surface area contributed by atoms with Crippen molar-refractivity contribution < 1.29 is 13.9 Å². The average molecular weight is 206 g/mol. The Balaban J connectivity index is 0.000000167. The van der Waals surface area contributed by atoms with E-state index in [9.17, 15) is 4.79 Å². The van der Waals surface area contributed by atoms with Gasteiger partial charge >= 0.3 is 5.97 Å². The number of furan rings is 1. The number of ether oxygens (including phenoxy) is 1. The van der Waals surface area contributed by atoms with Crippen molar-refractivity contribution in [2.45, 2.75) is 13.8 Å². The molecule has 1 aromatic carbocycles. The molecule has 0 saturated heterocycles. The normalized spacial score (nSPS) is 9.20. The van der Waals surface area contributed by atoms with Gasteiger partial charge in [0.2, 0.25) is 0 Å². The van der Waals surface area contributed by atoms with E-state index < -0.39 is 0 Å². The van der Waals surface area contributed by atoms with Crippen LogP contribution in [-0.2, 0) is 9.53 Å². The summed E-state index contributed by atoms with van der Waals surface area (Å²) in [6.45, 7) is 3.65. The van der Waals surface area contributed by atoms with Crippen LogP contribution in [0, 0.1) is 0 Å². The minimum atomic E-state index is -0.211. The molecule has 80 valence electrons. The number of rotatable bonds is 1. The lowest BCUT2D eigenvalue weighted by atomic mass is 10.3. The van der Waals surface area contributed by atoms with E-state index >= 15 is 0 Å². The highest BCUT2D eigenvalue weighted by Crippen LogP contribution is 2.12. The molecule has 0 spiro atoms. The second kappa shape index (κ2) is 5.86. The van der Waals surface area contributed by atoms with E-state index in [2.05, 4.69) is 4.74 Å². The molecule has 0 aliphatic rings. The standard InChI is InChI=1S/C8H6O.C4H8O2/c1-2-4-8-7(3-1)5-6-9-8;1-3-6-4(2)5/h1-6H;3H2,1-2H3. The molecule has 0 amide bonds. The van der Waals surface area contributed by atoms with Crippen LogP contribution in [0.15, 0.2) is 41.0 Å². The molecule has 0 fully saturated rings. The van der Waals surface area contributed by atoms with Crippen LogP contribution in [0.3, 0.4) is 0 Å². The summed E-state index contributed by atoms with van der Waals surface area (Å²) < 4.78 is 9.52. The van der Waals surface area contributed by atoms with Gasteiger partial charge in [0.15, 0.2) is 0 Å². The monoisotopic (exact) mass is 206 g/mol. The first-order chi connectivity index (χ1) is 7.24. The SMILES string of the molecule is CCOC(C)=O.c1ccc2occc2c1. The van der Waals surface area contributed by atoms with Crippen molar-refractivity contribution in [2.24, 2.45) is 0 Å². The lowest BCUT2D eigenvalue weighted by Crippen LogP contribution is -1.95. The maximum absolute atomic E-state index is 9.82. The summed E-state index contributed by atoms with van der Waals surface area (Å²) in [7, 11) is 0. The Morgan fingerprint density at radius 3 is 2.60 bits per heavy atom. The minimum Gasteiger partial charge on any atom is -0.466 e. The summed E-state index contributed by atoms with van der Waals surface area (Å²) in [6.07, 6.45) is 1.70. The predicted octanol–water partition coefficient (Wildman–Crippen LogP) is 3.00. The molecule has 2 rings (SSSR count). The molecule has 0 unspecified atom stereocenters. The van der Waals surface area contributed by atoms with E-state index in [0.717, 1.165) is 11.0 Å². The number of hydrogen-bond donors (Lipinski definition) is 0. The smallest absolute Gasteiger partial charge is 0.302 e. The third-order valence-corrected chi connectivity index (χ3v) is 1.71. The molecule has 0 saturated carbocycles. The lowest BCUT2D eigenvalue weighted by molar-refractivity contribution is -0.140. The molecule has 1 heterocycles. The van der Waals surface area contributed by atoms with E-state index in [1.807, 2.05) is 30.3 Å². The minimum absolute atomic E-state index is 0.211. The van der Waals surface area contributed by atoms with E-state index in [1.54, 1.807) is 13.2 Å². The number of carbonyl (C=O) groups is 1. The number of benzene rings is 1. The predicted molar refractivity (Wildman–Crippen MR) is 58.5 cm³/mol. The average Bonchev–Trinajstić information content (AvgIpc) is 2.65. The summed E-state index contributed by atoms with van der Waals surface area (Å²) in [6, 6.07) is 9.90. The Morgan fingerprint density at radius 1 is 1.33 bits per heavy atom. The summed E-state index contributed by atoms with van der Waals surface area (Å²) in [4.78, 5) is 9.82. The molecule has 3 heteroatoms. The van der Waals surface area contributed by atoms with Gasteiger partial charge in [-0.3, -0.25) is 4.79 Å². The lowest BCUT2D eigenvalue weighted by Gasteiger charge is -1.89. The van der Waals surface area contributed by atoms with E-state index in [4.69, 9.17) is 4.42 Å². The molecular formula is C12H14O3. The zero-order valence-electron chi connectivity index (χ0n) is 8.90. The van der Waals surface area contributed by atoms with E-state index in [0.29, 0.717) is 6.61 Å². The Bertz CT molecular complexity index is 387. The van der Waals surface area contributed by atoms with Gasteiger partial charge in [-0.25, -0.2) is 0 Å². The van der Waals surface area contributed by atoms with Crippen molar-refractivity contribution in [1.82, 2.24) is 0 Å². The van der Waals surface area contributed by atoms with Crippen LogP contribution in [0.4, 0.5) is 0 Å². The first-order valence-electron chi connectivity index (χ1n) is 4.79. The van der Waals surface area contributed by atoms with Gasteiger partial charge in [0.25, 0.3) is 0 Å². The van der Waals surface area contributed by atoms with Crippen molar-refractivity contribution in [3.63, 3.8) is 0 Å². The summed E-state index contributed by atoms with van der Waals surface area (Å²) in [5, 5.41) is 1.16. The van der Waals surface area contributed by atoms with Gasteiger partial charge in [0.1, 0.15) is 5.58 Å². The van der Waals surface area contributed by atoms with Crippen LogP contribution in [-0.4, -0.2) is 12.6 Å². The quantitative estimate of drug-likeness (QED) is 0.673. The fourth-order valence-electron chi connectivity index (χ4n) is 1.11. The highest BCUT2D eigenvalue weighted by Gasteiger charge is 1.89. The molecule has 0 N–H and O–H groups in total. The van der Waals surface area contributed by atoms with Gasteiger partial charge in [-0.05, 0) is 19.1 Å². The fraction of sp³-hybridized carbons (Fsp3) is 0.250. The molecule has 3 nitrogen and oxygen atoms in total. The Kier molecular flexibility index (Phi) is 4.41. The van der Waals surface area contributed by atoms with E-state index in [-0.39, 0.29) is 5.97 Å². The molecule has 0 aliphatic heterocycles. The van der Waals surface area contributed by atoms with Gasteiger partial charge in [0, 0.05) is 12.3 Å². The van der Waals surface area contributed by atoms with E-state index in [1.165, 1.54) is 6.92 Å². The Labute approximate surface area is 88.6 Å². The molecule has 1 aromatic heterocycles. The zero-order valence-corrected chi connectivity index (χ0v) is 8.90. The van der Waals surface area contributed by atoms with Crippen LogP contribution >= 0.6 is 0 Å². The van der Waals surface area contributed by atoms with Crippen molar-refractivity contribution in [1.29, 1.82) is 0 Å². The largest absolute Gasteiger partial charge is 0.466 e. The summed E-state index contributed by atoms with van der Waals surface area (Å²) in [5.74, 6) is -0.211. The molecule has 0 bridgehead atoms. The number of carbonyl (C=O) groups excluding carboxylic acids is 1. The maximum atomic E-state index is 9.82. The van der Waals surface area contributed by atoms with Crippen LogP contribution in [0.5, 0.6) is 0 Å². The van der Waals surface area contributed by atoms with Gasteiger partial charge in [-0.1, -0.05) is 18.2 Å². The van der Waals surface area contributed by atoms with Crippen LogP contribution < -0.4 is 0 Å². The first-order valence-corrected chi connectivity index (χ1v) is 4.79. The second-order valence-corrected chi connectivity index (χ2v) is 2.88. The van der Waals surface area contributed by atoms with Gasteiger partial charge in [0.05, 0.1) is 12.9 Å². The third-order valence-electron chi connectivity index (χ3n) is 1.71. The maximum Gasteiger partial charge on any atom is 0.302 e. The number of esters is 1. The van der Waals surface area contributed by atoms with Crippen molar-refractivity contribution >= 4 is 16.9 Å². The van der Waals surface area contributed by atoms with Crippen molar-refractivity contribution in [3.05, 3.63) is 36.6 Å². The van der Waals surface area contributed by atoms with Crippen molar-refractivity contribution in [2.75, 3.05) is 6.61 Å². The van der Waals surface area contributed by atoms with Gasteiger partial charge < -0.3 is 9.15 Å². The van der Waals surface area contributed by atoms with Gasteiger partial charge in [-0.15, -0.1) is 0 Å². The molecule has 0 radical (unpaired) electrons. The molecule has 15 heavy (non-hydrogen) atoms. The first kappa shape index (κ1) is 11.3. The third kappa shape index (κ3) is 3.85. The highest BCUT2D eigenvalue weighted by atomic mass is 16.5. The Hall–Kier alpha value is -1.77. The molecule has 0 atom stereocenters. The highest BCUT2D eigenvalue weighted by molar-refractivity contribution is 5.76. The number of fused-ring (bicyclic) bond motifs is 1. The van der Waals surface area contributed by atoms with Crippen LogP contribution in [0.1, 0.15) is 13.8 Å². The topological polar surface area (TPSA) is 39.4 Å². The summed E-state index contributed by atoms with van der Waals surface area (Å²) >= 11 is 0. The second-order valence-electron chi connectivity index (χ2n) is 2.88. The number of para-hydroxylation sites is 1. The van der Waals surface area contributed by atoms with Gasteiger partial charge in [-0.2, -0.15) is 0 Å². The summed E-state index contributed by atoms with van der Waals surface area (Å²) in [5.41, 5.74) is 0.956. The van der Waals surface area contributed by atoms with Crippen LogP contribution in [0.2, 0.25) is 0 Å². The van der Waals surface area contributed by atoms with Crippen LogP contribution in [0.25, 0.3) is 11.0 Å². The zero-order chi connectivity index (χ0) is 11.1. The molecule has 0 aliphatic carbocycles.